The predicted octanol–water partition coefficient (Wildman–Crippen LogP) is 2.87. The smallest absolute Gasteiger partial charge is 0.234 e. The Hall–Kier alpha value is -1.08. The Morgan fingerprint density at radius 1 is 1.23 bits per heavy atom. The van der Waals surface area contributed by atoms with Gasteiger partial charge in [-0.2, -0.15) is 0 Å². The van der Waals surface area contributed by atoms with E-state index in [0.717, 1.165) is 44.7 Å². The quantitative estimate of drug-likeness (QED) is 0.789. The van der Waals surface area contributed by atoms with Crippen LogP contribution in [0.1, 0.15) is 32.1 Å². The van der Waals surface area contributed by atoms with Crippen molar-refractivity contribution in [2.24, 2.45) is 5.41 Å². The number of aromatic nitrogens is 1. The maximum absolute atomic E-state index is 12.8. The van der Waals surface area contributed by atoms with Crippen LogP contribution < -0.4 is 15.5 Å². The van der Waals surface area contributed by atoms with E-state index in [-0.39, 0.29) is 30.7 Å². The molecule has 0 saturated carbocycles. The average molecular weight is 405 g/mol. The molecule has 2 N–H and O–H groups in total. The van der Waals surface area contributed by atoms with Crippen molar-refractivity contribution in [1.82, 2.24) is 10.3 Å². The van der Waals surface area contributed by atoms with Gasteiger partial charge in [0.15, 0.2) is 0 Å². The van der Waals surface area contributed by atoms with Crippen LogP contribution in [0.25, 0.3) is 0 Å². The van der Waals surface area contributed by atoms with Gasteiger partial charge in [-0.1, -0.05) is 0 Å². The summed E-state index contributed by atoms with van der Waals surface area (Å²) < 4.78 is 5.33. The van der Waals surface area contributed by atoms with E-state index >= 15 is 0 Å². The summed E-state index contributed by atoms with van der Waals surface area (Å²) in [7, 11) is 1.66. The van der Waals surface area contributed by atoms with Crippen LogP contribution >= 0.6 is 24.8 Å². The highest BCUT2D eigenvalue weighted by atomic mass is 35.5. The molecule has 2 saturated heterocycles. The first-order valence-electron chi connectivity index (χ1n) is 8.96. The summed E-state index contributed by atoms with van der Waals surface area (Å²) >= 11 is 0. The number of amides is 1. The van der Waals surface area contributed by atoms with Crippen LogP contribution in [0.5, 0.6) is 0 Å². The third-order valence-electron chi connectivity index (χ3n) is 5.17. The number of halogens is 2. The Morgan fingerprint density at radius 3 is 2.50 bits per heavy atom. The molecule has 2 aliphatic heterocycles. The van der Waals surface area contributed by atoms with Crippen molar-refractivity contribution in [3.63, 3.8) is 0 Å². The highest BCUT2D eigenvalue weighted by Gasteiger charge is 2.39. The molecule has 2 fully saturated rings. The number of anilines is 2. The first kappa shape index (κ1) is 23.0. The molecule has 0 aromatic carbocycles. The zero-order valence-electron chi connectivity index (χ0n) is 15.3. The van der Waals surface area contributed by atoms with Gasteiger partial charge in [-0.25, -0.2) is 4.98 Å². The maximum atomic E-state index is 12.8. The van der Waals surface area contributed by atoms with Gasteiger partial charge in [0, 0.05) is 20.2 Å². The summed E-state index contributed by atoms with van der Waals surface area (Å²) in [4.78, 5) is 19.6. The van der Waals surface area contributed by atoms with E-state index in [1.54, 1.807) is 7.11 Å². The first-order valence-corrected chi connectivity index (χ1v) is 8.96. The van der Waals surface area contributed by atoms with E-state index in [1.807, 2.05) is 12.3 Å². The predicted molar refractivity (Wildman–Crippen MR) is 110 cm³/mol. The lowest BCUT2D eigenvalue weighted by atomic mass is 9.78. The Bertz CT molecular complexity index is 539. The Labute approximate surface area is 168 Å². The number of hydrogen-bond donors (Lipinski definition) is 2. The van der Waals surface area contributed by atoms with E-state index in [1.165, 1.54) is 19.3 Å². The van der Waals surface area contributed by atoms with Crippen molar-refractivity contribution in [2.45, 2.75) is 32.1 Å². The number of rotatable bonds is 5. The molecule has 3 heterocycles. The van der Waals surface area contributed by atoms with Crippen molar-refractivity contribution in [3.05, 3.63) is 18.3 Å². The van der Waals surface area contributed by atoms with Gasteiger partial charge in [-0.05, 0) is 57.3 Å². The van der Waals surface area contributed by atoms with E-state index in [4.69, 9.17) is 4.74 Å². The number of hydrogen-bond acceptors (Lipinski definition) is 5. The number of ether oxygens (including phenoxy) is 1. The zero-order valence-corrected chi connectivity index (χ0v) is 17.0. The molecule has 0 atom stereocenters. The lowest BCUT2D eigenvalue weighted by Crippen LogP contribution is -2.47. The van der Waals surface area contributed by atoms with Gasteiger partial charge in [0.05, 0.1) is 23.9 Å². The van der Waals surface area contributed by atoms with Gasteiger partial charge >= 0.3 is 0 Å². The molecule has 1 amide bonds. The molecule has 6 nitrogen and oxygen atoms in total. The monoisotopic (exact) mass is 404 g/mol. The molecule has 0 unspecified atom stereocenters. The van der Waals surface area contributed by atoms with Crippen LogP contribution in [-0.4, -0.2) is 50.8 Å². The Balaban J connectivity index is 0.00000169. The molecule has 2 aliphatic rings. The van der Waals surface area contributed by atoms with Gasteiger partial charge in [0.2, 0.25) is 5.91 Å². The van der Waals surface area contributed by atoms with Gasteiger partial charge < -0.3 is 20.3 Å². The van der Waals surface area contributed by atoms with Crippen LogP contribution in [0.3, 0.4) is 0 Å². The van der Waals surface area contributed by atoms with Crippen molar-refractivity contribution < 1.29 is 9.53 Å². The largest absolute Gasteiger partial charge is 0.384 e. The molecule has 1 aromatic rings. The van der Waals surface area contributed by atoms with Crippen LogP contribution in [0.15, 0.2) is 18.3 Å². The molecule has 3 rings (SSSR count). The fraction of sp³-hybridized carbons (Fsp3) is 0.667. The minimum atomic E-state index is -0.451. The molecule has 26 heavy (non-hydrogen) atoms. The first-order chi connectivity index (χ1) is 11.7. The fourth-order valence-corrected chi connectivity index (χ4v) is 3.67. The number of carbonyl (C=O) groups is 1. The van der Waals surface area contributed by atoms with E-state index < -0.39 is 5.41 Å². The van der Waals surface area contributed by atoms with Crippen LogP contribution in [0.2, 0.25) is 0 Å². The van der Waals surface area contributed by atoms with Gasteiger partial charge in [0.25, 0.3) is 0 Å². The lowest BCUT2D eigenvalue weighted by Gasteiger charge is -2.35. The van der Waals surface area contributed by atoms with Crippen LogP contribution in [0.4, 0.5) is 11.5 Å². The molecule has 148 valence electrons. The molecule has 0 aliphatic carbocycles. The summed E-state index contributed by atoms with van der Waals surface area (Å²) in [6, 6.07) is 3.96. The molecule has 1 aromatic heterocycles. The molecular weight excluding hydrogens is 375 g/mol. The number of nitrogens with zero attached hydrogens (tertiary/aromatic N) is 2. The second-order valence-electron chi connectivity index (χ2n) is 6.87. The van der Waals surface area contributed by atoms with Crippen LogP contribution in [0, 0.1) is 5.41 Å². The molecule has 0 bridgehead atoms. The van der Waals surface area contributed by atoms with Crippen molar-refractivity contribution in [3.8, 4) is 0 Å². The summed E-state index contributed by atoms with van der Waals surface area (Å²) in [5.74, 6) is 0.638. The number of nitrogens with one attached hydrogen (secondary N) is 2. The number of piperidine rings is 2. The standard InChI is InChI=1S/C18H28N4O2.2ClH/c1-24-14-18(7-9-19-10-8-18)17(23)21-16-6-5-15(13-20-16)22-11-3-2-4-12-22;;/h5-6,13,19H,2-4,7-12,14H2,1H3,(H,20,21,23);2*1H. The zero-order chi connectivity index (χ0) is 16.8. The normalized spacial score (nSPS) is 19.0. The molecule has 0 radical (unpaired) electrons. The summed E-state index contributed by atoms with van der Waals surface area (Å²) in [5.41, 5.74) is 0.689. The molecule has 8 heteroatoms. The molecule has 0 spiro atoms. The third-order valence-corrected chi connectivity index (χ3v) is 5.17. The number of pyridine rings is 1. The van der Waals surface area contributed by atoms with Gasteiger partial charge in [-0.15, -0.1) is 24.8 Å². The summed E-state index contributed by atoms with van der Waals surface area (Å²) in [5, 5.41) is 6.29. The van der Waals surface area contributed by atoms with Gasteiger partial charge in [0.1, 0.15) is 5.82 Å². The second kappa shape index (κ2) is 10.9. The lowest BCUT2D eigenvalue weighted by molar-refractivity contribution is -0.130. The summed E-state index contributed by atoms with van der Waals surface area (Å²) in [6.45, 7) is 4.33. The van der Waals surface area contributed by atoms with Crippen molar-refractivity contribution >= 4 is 42.2 Å². The van der Waals surface area contributed by atoms with E-state index in [0.29, 0.717) is 12.4 Å². The minimum Gasteiger partial charge on any atom is -0.384 e. The Kier molecular flexibility index (Phi) is 9.64. The third kappa shape index (κ3) is 5.46. The maximum Gasteiger partial charge on any atom is 0.234 e. The second-order valence-corrected chi connectivity index (χ2v) is 6.87. The minimum absolute atomic E-state index is 0. The van der Waals surface area contributed by atoms with E-state index in [2.05, 4.69) is 26.6 Å². The van der Waals surface area contributed by atoms with Crippen molar-refractivity contribution in [2.75, 3.05) is 50.1 Å². The topological polar surface area (TPSA) is 66.5 Å². The number of carbonyl (C=O) groups excluding carboxylic acids is 1. The average Bonchev–Trinajstić information content (AvgIpc) is 2.64. The highest BCUT2D eigenvalue weighted by Crippen LogP contribution is 2.31. The van der Waals surface area contributed by atoms with E-state index in [9.17, 15) is 4.79 Å². The Morgan fingerprint density at radius 2 is 1.92 bits per heavy atom. The fourth-order valence-electron chi connectivity index (χ4n) is 3.67. The number of methoxy groups -OCH3 is 1. The molecular formula is C18H30Cl2N4O2. The summed E-state index contributed by atoms with van der Waals surface area (Å²) in [6.07, 6.45) is 7.25. The van der Waals surface area contributed by atoms with Gasteiger partial charge in [-0.3, -0.25) is 4.79 Å². The van der Waals surface area contributed by atoms with Crippen molar-refractivity contribution in [1.29, 1.82) is 0 Å². The highest BCUT2D eigenvalue weighted by molar-refractivity contribution is 5.94. The SMILES string of the molecule is COCC1(C(=O)Nc2ccc(N3CCCCC3)cn2)CCNCC1.Cl.Cl. The van der Waals surface area contributed by atoms with Crippen LogP contribution in [-0.2, 0) is 9.53 Å².